The molecule has 138 valence electrons. The van der Waals surface area contributed by atoms with Gasteiger partial charge in [0.05, 0.1) is 19.4 Å². The van der Waals surface area contributed by atoms with E-state index < -0.39 is 17.9 Å². The van der Waals surface area contributed by atoms with Gasteiger partial charge in [0, 0.05) is 18.1 Å². The third-order valence-electron chi connectivity index (χ3n) is 4.43. The molecule has 1 aromatic carbocycles. The molecule has 1 amide bonds. The Morgan fingerprint density at radius 3 is 2.77 bits per heavy atom. The molecule has 2 atom stereocenters. The molecule has 0 saturated carbocycles. The van der Waals surface area contributed by atoms with Crippen molar-refractivity contribution >= 4 is 11.9 Å². The van der Waals surface area contributed by atoms with E-state index >= 15 is 0 Å². The lowest BCUT2D eigenvalue weighted by atomic mass is 9.93. The number of aliphatic carboxylic acids is 1. The number of nitrogens with one attached hydrogen (secondary N) is 2. The van der Waals surface area contributed by atoms with Gasteiger partial charge in [0.1, 0.15) is 17.5 Å². The summed E-state index contributed by atoms with van der Waals surface area (Å²) in [6.07, 6.45) is 1.49. The zero-order chi connectivity index (χ0) is 18.5. The molecule has 2 heterocycles. The fraction of sp³-hybridized carbons (Fsp3) is 0.389. The number of methoxy groups -OCH3 is 1. The maximum atomic E-state index is 12.4. The highest BCUT2D eigenvalue weighted by molar-refractivity contribution is 5.95. The lowest BCUT2D eigenvalue weighted by Gasteiger charge is -2.27. The van der Waals surface area contributed by atoms with Gasteiger partial charge in [-0.15, -0.1) is 0 Å². The summed E-state index contributed by atoms with van der Waals surface area (Å²) in [6, 6.07) is 7.86. The van der Waals surface area contributed by atoms with Gasteiger partial charge < -0.3 is 19.9 Å². The summed E-state index contributed by atoms with van der Waals surface area (Å²) >= 11 is 0. The van der Waals surface area contributed by atoms with Gasteiger partial charge in [-0.25, -0.2) is 4.79 Å². The predicted molar refractivity (Wildman–Crippen MR) is 93.0 cm³/mol. The highest BCUT2D eigenvalue weighted by Gasteiger charge is 2.32. The zero-order valence-electron chi connectivity index (χ0n) is 14.4. The Morgan fingerprint density at radius 1 is 1.38 bits per heavy atom. The number of carbonyl (C=O) groups excluding carboxylic acids is 1. The Morgan fingerprint density at radius 2 is 2.15 bits per heavy atom. The molecule has 1 fully saturated rings. The van der Waals surface area contributed by atoms with Crippen molar-refractivity contribution in [3.05, 3.63) is 36.0 Å². The van der Waals surface area contributed by atoms with E-state index in [-0.39, 0.29) is 11.6 Å². The van der Waals surface area contributed by atoms with Crippen LogP contribution in [-0.4, -0.2) is 53.5 Å². The largest absolute Gasteiger partial charge is 0.497 e. The van der Waals surface area contributed by atoms with E-state index in [1.807, 2.05) is 12.1 Å². The minimum absolute atomic E-state index is 0.207. The molecule has 1 aliphatic heterocycles. The number of hydrogen-bond donors (Lipinski definition) is 3. The van der Waals surface area contributed by atoms with E-state index in [0.717, 1.165) is 17.7 Å². The highest BCUT2D eigenvalue weighted by Crippen LogP contribution is 2.22. The molecule has 0 aliphatic carbocycles. The van der Waals surface area contributed by atoms with Crippen LogP contribution in [0.1, 0.15) is 23.3 Å². The number of aromatic amines is 1. The van der Waals surface area contributed by atoms with Gasteiger partial charge >= 0.3 is 5.97 Å². The summed E-state index contributed by atoms with van der Waals surface area (Å²) < 4.78 is 10.5. The standard InChI is InChI=1S/C18H21N3O5/c1-25-13-6-4-11(5-7-13)14-9-15(21-20-14)17(22)19-16(18(23)24)12-3-2-8-26-10-12/h4-7,9,12,16H,2-3,8,10H2,1H3,(H,19,22)(H,20,21)(H,23,24). The first-order valence-corrected chi connectivity index (χ1v) is 8.39. The quantitative estimate of drug-likeness (QED) is 0.723. The lowest BCUT2D eigenvalue weighted by Crippen LogP contribution is -2.48. The second-order valence-corrected chi connectivity index (χ2v) is 6.16. The van der Waals surface area contributed by atoms with E-state index in [9.17, 15) is 14.7 Å². The fourth-order valence-corrected chi connectivity index (χ4v) is 2.98. The topological polar surface area (TPSA) is 114 Å². The van der Waals surface area contributed by atoms with Gasteiger partial charge in [0.25, 0.3) is 5.91 Å². The Balaban J connectivity index is 1.70. The Labute approximate surface area is 150 Å². The first kappa shape index (κ1) is 17.9. The second kappa shape index (κ2) is 8.01. The molecule has 2 aromatic rings. The molecule has 1 aromatic heterocycles. The van der Waals surface area contributed by atoms with Gasteiger partial charge in [0.2, 0.25) is 0 Å². The van der Waals surface area contributed by atoms with Crippen molar-refractivity contribution in [2.75, 3.05) is 20.3 Å². The summed E-state index contributed by atoms with van der Waals surface area (Å²) in [7, 11) is 1.59. The smallest absolute Gasteiger partial charge is 0.326 e. The summed E-state index contributed by atoms with van der Waals surface area (Å²) in [5.74, 6) is -1.09. The van der Waals surface area contributed by atoms with Crippen molar-refractivity contribution in [2.45, 2.75) is 18.9 Å². The Kier molecular flexibility index (Phi) is 5.52. The molecule has 8 heteroatoms. The number of benzene rings is 1. The minimum atomic E-state index is -1.07. The lowest BCUT2D eigenvalue weighted by molar-refractivity contribution is -0.142. The number of nitrogens with zero attached hydrogens (tertiary/aromatic N) is 1. The first-order chi connectivity index (χ1) is 12.6. The molecule has 8 nitrogen and oxygen atoms in total. The van der Waals surface area contributed by atoms with Gasteiger partial charge in [-0.05, 0) is 43.2 Å². The Bertz CT molecular complexity index is 765. The number of rotatable bonds is 6. The number of carbonyl (C=O) groups is 2. The van der Waals surface area contributed by atoms with E-state index in [1.165, 1.54) is 0 Å². The number of amides is 1. The average molecular weight is 359 g/mol. The molecule has 3 rings (SSSR count). The van der Waals surface area contributed by atoms with Crippen LogP contribution in [0.2, 0.25) is 0 Å². The molecule has 0 spiro atoms. The summed E-state index contributed by atoms with van der Waals surface area (Å²) in [4.78, 5) is 24.0. The number of ether oxygens (including phenoxy) is 2. The summed E-state index contributed by atoms with van der Waals surface area (Å²) in [6.45, 7) is 0.958. The van der Waals surface area contributed by atoms with Gasteiger partial charge in [-0.2, -0.15) is 5.10 Å². The van der Waals surface area contributed by atoms with Crippen LogP contribution in [0.5, 0.6) is 5.75 Å². The summed E-state index contributed by atoms with van der Waals surface area (Å²) in [5.41, 5.74) is 1.61. The molecule has 3 N–H and O–H groups in total. The zero-order valence-corrected chi connectivity index (χ0v) is 14.4. The van der Waals surface area contributed by atoms with E-state index in [4.69, 9.17) is 9.47 Å². The molecule has 1 saturated heterocycles. The first-order valence-electron chi connectivity index (χ1n) is 8.39. The molecular weight excluding hydrogens is 338 g/mol. The molecular formula is C18H21N3O5. The maximum absolute atomic E-state index is 12.4. The Hall–Kier alpha value is -2.87. The van der Waals surface area contributed by atoms with Crippen molar-refractivity contribution < 1.29 is 24.2 Å². The van der Waals surface area contributed by atoms with Gasteiger partial charge in [-0.3, -0.25) is 9.89 Å². The number of hydrogen-bond acceptors (Lipinski definition) is 5. The highest BCUT2D eigenvalue weighted by atomic mass is 16.5. The van der Waals surface area contributed by atoms with Crippen molar-refractivity contribution in [3.8, 4) is 17.0 Å². The third-order valence-corrected chi connectivity index (χ3v) is 4.43. The number of H-pyrrole nitrogens is 1. The number of carboxylic acids is 1. The maximum Gasteiger partial charge on any atom is 0.326 e. The SMILES string of the molecule is COc1ccc(-c2cc(C(=O)NC(C(=O)O)C3CCCOC3)[nH]n2)cc1. The van der Waals surface area contributed by atoms with Crippen LogP contribution in [-0.2, 0) is 9.53 Å². The fourth-order valence-electron chi connectivity index (χ4n) is 2.98. The molecule has 1 aliphatic rings. The van der Waals surface area contributed by atoms with Gasteiger partial charge in [0.15, 0.2) is 0 Å². The van der Waals surface area contributed by atoms with Crippen LogP contribution in [0.3, 0.4) is 0 Å². The van der Waals surface area contributed by atoms with Crippen LogP contribution in [0.25, 0.3) is 11.3 Å². The van der Waals surface area contributed by atoms with Crippen LogP contribution < -0.4 is 10.1 Å². The minimum Gasteiger partial charge on any atom is -0.497 e. The van der Waals surface area contributed by atoms with Crippen molar-refractivity contribution in [1.29, 1.82) is 0 Å². The predicted octanol–water partition coefficient (Wildman–Crippen LogP) is 1.69. The normalized spacial score (nSPS) is 18.1. The molecule has 0 radical (unpaired) electrons. The third kappa shape index (κ3) is 4.02. The van der Waals surface area contributed by atoms with Crippen LogP contribution in [0.4, 0.5) is 0 Å². The van der Waals surface area contributed by atoms with Crippen molar-refractivity contribution in [3.63, 3.8) is 0 Å². The monoisotopic (exact) mass is 359 g/mol. The van der Waals surface area contributed by atoms with Crippen molar-refractivity contribution in [1.82, 2.24) is 15.5 Å². The number of aromatic nitrogens is 2. The molecule has 0 bridgehead atoms. The second-order valence-electron chi connectivity index (χ2n) is 6.16. The van der Waals surface area contributed by atoms with E-state index in [2.05, 4.69) is 15.5 Å². The van der Waals surface area contributed by atoms with Crippen LogP contribution >= 0.6 is 0 Å². The number of carboxylic acid groups (broad SMARTS) is 1. The summed E-state index contributed by atoms with van der Waals surface area (Å²) in [5, 5.41) is 18.8. The van der Waals surface area contributed by atoms with Crippen molar-refractivity contribution in [2.24, 2.45) is 5.92 Å². The molecule has 2 unspecified atom stereocenters. The molecule has 26 heavy (non-hydrogen) atoms. The van der Waals surface area contributed by atoms with Gasteiger partial charge in [-0.1, -0.05) is 0 Å². The van der Waals surface area contributed by atoms with Crippen LogP contribution in [0.15, 0.2) is 30.3 Å². The van der Waals surface area contributed by atoms with E-state index in [1.54, 1.807) is 25.3 Å². The van der Waals surface area contributed by atoms with E-state index in [0.29, 0.717) is 25.3 Å². The van der Waals surface area contributed by atoms with Crippen LogP contribution in [0, 0.1) is 5.92 Å². The average Bonchev–Trinajstić information content (AvgIpc) is 3.17.